The molecule has 192 valence electrons. The molecule has 0 radical (unpaired) electrons. The lowest BCUT2D eigenvalue weighted by molar-refractivity contribution is -0.191. The van der Waals surface area contributed by atoms with Gasteiger partial charge in [0.05, 0.1) is 12.3 Å². The minimum atomic E-state index is -0.800. The minimum Gasteiger partial charge on any atom is -0.443 e. The molecule has 0 aromatic carbocycles. The summed E-state index contributed by atoms with van der Waals surface area (Å²) in [6.07, 6.45) is 1.36. The van der Waals surface area contributed by atoms with E-state index >= 15 is 0 Å². The summed E-state index contributed by atoms with van der Waals surface area (Å²) < 4.78 is 25.7. The van der Waals surface area contributed by atoms with E-state index in [1.165, 1.54) is 0 Å². The van der Waals surface area contributed by atoms with E-state index in [0.717, 1.165) is 25.7 Å². The van der Waals surface area contributed by atoms with Crippen LogP contribution >= 0.6 is 11.6 Å². The maximum atomic E-state index is 13.4. The third kappa shape index (κ3) is 4.62. The second-order valence-electron chi connectivity index (χ2n) is 10.9. The van der Waals surface area contributed by atoms with Crippen molar-refractivity contribution in [1.29, 1.82) is 0 Å². The molecule has 35 heavy (non-hydrogen) atoms. The van der Waals surface area contributed by atoms with E-state index in [4.69, 9.17) is 30.5 Å². The number of carbonyl (C=O) groups excluding carboxylic acids is 1. The molecule has 3 fully saturated rings. The Hall–Kier alpha value is -1.98. The van der Waals surface area contributed by atoms with Gasteiger partial charge < -0.3 is 24.1 Å². The van der Waals surface area contributed by atoms with Gasteiger partial charge >= 0.3 is 6.09 Å². The Morgan fingerprint density at radius 3 is 2.60 bits per heavy atom. The quantitative estimate of drug-likeness (QED) is 0.659. The van der Waals surface area contributed by atoms with Crippen LogP contribution in [0.5, 0.6) is 0 Å². The van der Waals surface area contributed by atoms with Crippen molar-refractivity contribution in [2.75, 3.05) is 11.5 Å². The van der Waals surface area contributed by atoms with Crippen LogP contribution in [0.25, 0.3) is 5.52 Å². The summed E-state index contributed by atoms with van der Waals surface area (Å²) >= 11 is 6.40. The minimum absolute atomic E-state index is 0.00585. The van der Waals surface area contributed by atoms with E-state index in [9.17, 15) is 9.90 Å². The second kappa shape index (κ2) is 8.85. The molecule has 2 aromatic rings. The molecular formula is C24H33ClN4O6. The lowest BCUT2D eigenvalue weighted by atomic mass is 10.1. The molecule has 0 spiro atoms. The summed E-state index contributed by atoms with van der Waals surface area (Å²) in [6, 6.07) is 3.66. The average molecular weight is 509 g/mol. The van der Waals surface area contributed by atoms with Gasteiger partial charge in [0.15, 0.2) is 11.6 Å². The zero-order valence-corrected chi connectivity index (χ0v) is 21.5. The smallest absolute Gasteiger partial charge is 0.416 e. The Kier molecular flexibility index (Phi) is 6.24. The van der Waals surface area contributed by atoms with Gasteiger partial charge in [-0.15, -0.1) is 5.10 Å². The molecule has 1 aliphatic carbocycles. The second-order valence-corrected chi connectivity index (χ2v) is 11.2. The molecule has 5 rings (SSSR count). The third-order valence-electron chi connectivity index (χ3n) is 6.62. The number of fused-ring (bicyclic) bond motifs is 2. The predicted octanol–water partition coefficient (Wildman–Crippen LogP) is 4.02. The number of rotatable bonds is 4. The number of ether oxygens (including phenoxy) is 4. The van der Waals surface area contributed by atoms with Gasteiger partial charge in [-0.25, -0.2) is 9.31 Å². The normalized spacial score (nSPS) is 28.5. The van der Waals surface area contributed by atoms with E-state index in [2.05, 4.69) is 10.1 Å². The SMILES string of the molecule is CC(C)(C)OC(=O)N(c1nc(Cl)nn2c([C@H]3O[C@H](CO)[C@H]4OC(C)(C)O[C@H]43)ccc12)C1CCCC1. The largest absolute Gasteiger partial charge is 0.443 e. The molecule has 2 saturated heterocycles. The predicted molar refractivity (Wildman–Crippen MR) is 127 cm³/mol. The van der Waals surface area contributed by atoms with Crippen LogP contribution in [0.2, 0.25) is 5.28 Å². The van der Waals surface area contributed by atoms with Crippen molar-refractivity contribution in [3.63, 3.8) is 0 Å². The summed E-state index contributed by atoms with van der Waals surface area (Å²) in [5.74, 6) is -0.402. The zero-order valence-electron chi connectivity index (χ0n) is 20.7. The molecule has 1 N–H and O–H groups in total. The Morgan fingerprint density at radius 2 is 1.94 bits per heavy atom. The van der Waals surface area contributed by atoms with Crippen LogP contribution in [0.15, 0.2) is 12.1 Å². The van der Waals surface area contributed by atoms with Crippen LogP contribution in [-0.4, -0.2) is 68.1 Å². The van der Waals surface area contributed by atoms with Crippen molar-refractivity contribution < 1.29 is 28.8 Å². The van der Waals surface area contributed by atoms with Crippen LogP contribution in [0.1, 0.15) is 72.1 Å². The Balaban J connectivity index is 1.57. The van der Waals surface area contributed by atoms with Gasteiger partial charge in [-0.2, -0.15) is 4.98 Å². The van der Waals surface area contributed by atoms with Crippen molar-refractivity contribution in [2.45, 2.75) is 102 Å². The molecule has 4 atom stereocenters. The zero-order chi connectivity index (χ0) is 25.1. The summed E-state index contributed by atoms with van der Waals surface area (Å²) in [7, 11) is 0. The molecule has 3 aliphatic rings. The van der Waals surface area contributed by atoms with Crippen LogP contribution in [-0.2, 0) is 18.9 Å². The van der Waals surface area contributed by atoms with E-state index < -0.39 is 41.9 Å². The van der Waals surface area contributed by atoms with Crippen molar-refractivity contribution >= 4 is 29.0 Å². The molecular weight excluding hydrogens is 476 g/mol. The third-order valence-corrected chi connectivity index (χ3v) is 6.78. The molecule has 2 aliphatic heterocycles. The molecule has 10 nitrogen and oxygen atoms in total. The fraction of sp³-hybridized carbons (Fsp3) is 0.708. The van der Waals surface area contributed by atoms with Crippen molar-refractivity contribution in [3.05, 3.63) is 23.1 Å². The highest BCUT2D eigenvalue weighted by atomic mass is 35.5. The van der Waals surface area contributed by atoms with Gasteiger partial charge in [0.1, 0.15) is 35.5 Å². The summed E-state index contributed by atoms with van der Waals surface area (Å²) in [5.41, 5.74) is 0.619. The number of hydrogen-bond acceptors (Lipinski definition) is 8. The first-order chi connectivity index (χ1) is 16.5. The van der Waals surface area contributed by atoms with Crippen molar-refractivity contribution in [3.8, 4) is 0 Å². The number of aliphatic hydroxyl groups is 1. The van der Waals surface area contributed by atoms with Gasteiger partial charge in [0.25, 0.3) is 0 Å². The number of halogens is 1. The highest BCUT2D eigenvalue weighted by Crippen LogP contribution is 2.45. The molecule has 0 bridgehead atoms. The van der Waals surface area contributed by atoms with E-state index in [1.54, 1.807) is 9.42 Å². The first-order valence-corrected chi connectivity index (χ1v) is 12.5. The lowest BCUT2D eigenvalue weighted by Gasteiger charge is -2.31. The van der Waals surface area contributed by atoms with E-state index in [-0.39, 0.29) is 17.9 Å². The molecule has 1 saturated carbocycles. The topological polar surface area (TPSA) is 108 Å². The molecule has 0 unspecified atom stereocenters. The maximum absolute atomic E-state index is 13.4. The first-order valence-electron chi connectivity index (χ1n) is 12.2. The lowest BCUT2D eigenvalue weighted by Crippen LogP contribution is -2.43. The Bertz CT molecular complexity index is 1110. The number of anilines is 1. The number of hydrogen-bond donors (Lipinski definition) is 1. The van der Waals surface area contributed by atoms with Crippen LogP contribution in [0, 0.1) is 0 Å². The molecule has 11 heteroatoms. The number of amides is 1. The number of nitrogens with zero attached hydrogens (tertiary/aromatic N) is 4. The maximum Gasteiger partial charge on any atom is 0.416 e. The van der Waals surface area contributed by atoms with Crippen LogP contribution in [0.3, 0.4) is 0 Å². The van der Waals surface area contributed by atoms with Gasteiger partial charge in [0, 0.05) is 6.04 Å². The average Bonchev–Trinajstić information content (AvgIpc) is 3.50. The van der Waals surface area contributed by atoms with Gasteiger partial charge in [0.2, 0.25) is 5.28 Å². The van der Waals surface area contributed by atoms with Gasteiger partial charge in [-0.05, 0) is 71.2 Å². The summed E-state index contributed by atoms with van der Waals surface area (Å²) in [6.45, 7) is 9.00. The van der Waals surface area contributed by atoms with Crippen molar-refractivity contribution in [2.24, 2.45) is 0 Å². The Labute approximate surface area is 209 Å². The number of carbonyl (C=O) groups is 1. The monoisotopic (exact) mass is 508 g/mol. The Morgan fingerprint density at radius 1 is 1.26 bits per heavy atom. The van der Waals surface area contributed by atoms with E-state index in [0.29, 0.717) is 17.0 Å². The highest BCUT2D eigenvalue weighted by Gasteiger charge is 2.56. The van der Waals surface area contributed by atoms with Crippen LogP contribution < -0.4 is 4.90 Å². The number of aromatic nitrogens is 3. The van der Waals surface area contributed by atoms with E-state index in [1.807, 2.05) is 46.8 Å². The van der Waals surface area contributed by atoms with Crippen molar-refractivity contribution in [1.82, 2.24) is 14.6 Å². The highest BCUT2D eigenvalue weighted by molar-refractivity contribution is 6.28. The fourth-order valence-corrected chi connectivity index (χ4v) is 5.47. The van der Waals surface area contributed by atoms with Gasteiger partial charge in [-0.3, -0.25) is 4.90 Å². The first kappa shape index (κ1) is 24.7. The number of aliphatic hydroxyl groups excluding tert-OH is 1. The summed E-state index contributed by atoms with van der Waals surface area (Å²) in [5, 5.41) is 14.3. The molecule has 4 heterocycles. The van der Waals surface area contributed by atoms with Crippen LogP contribution in [0.4, 0.5) is 10.6 Å². The summed E-state index contributed by atoms with van der Waals surface area (Å²) in [4.78, 5) is 19.5. The fourth-order valence-electron chi connectivity index (χ4n) is 5.32. The molecule has 1 amide bonds. The standard InChI is InChI=1S/C24H33ClN4O6/c1-23(2,3)35-22(31)28(13-8-6-7-9-13)20-15-11-10-14(29(15)27-21(25)26-20)17-19-18(16(12-30)32-17)33-24(4,5)34-19/h10-11,13,16-19,30H,6-9,12H2,1-5H3/t16-,17-,18-,19+/m1/s1. The van der Waals surface area contributed by atoms with Gasteiger partial charge in [-0.1, -0.05) is 12.8 Å². The molecule has 2 aromatic heterocycles.